The van der Waals surface area contributed by atoms with Crippen LogP contribution >= 0.6 is 11.6 Å². The van der Waals surface area contributed by atoms with Crippen LogP contribution in [0.1, 0.15) is 0 Å². The van der Waals surface area contributed by atoms with E-state index < -0.39 is 25.7 Å². The summed E-state index contributed by atoms with van der Waals surface area (Å²) in [6.45, 7) is 0. The van der Waals surface area contributed by atoms with E-state index in [0.717, 1.165) is 6.07 Å². The molecule has 0 spiro atoms. The summed E-state index contributed by atoms with van der Waals surface area (Å²) in [6, 6.07) is 7.28. The first-order valence-electron chi connectivity index (χ1n) is 4.75. The fourth-order valence-corrected chi connectivity index (χ4v) is 2.86. The van der Waals surface area contributed by atoms with Crippen LogP contribution in [-0.2, 0) is 9.84 Å². The number of rotatable bonds is 3. The minimum atomic E-state index is -5.20. The van der Waals surface area contributed by atoms with Crippen molar-refractivity contribution in [2.75, 3.05) is 0 Å². The van der Waals surface area contributed by atoms with Gasteiger partial charge in [0.05, 0.1) is 0 Å². The van der Waals surface area contributed by atoms with Crippen molar-refractivity contribution in [1.82, 2.24) is 4.98 Å². The second-order valence-corrected chi connectivity index (χ2v) is 5.96. The third kappa shape index (κ3) is 1.87. The first-order valence-corrected chi connectivity index (χ1v) is 6.67. The molecule has 1 unspecified atom stereocenters. The van der Waals surface area contributed by atoms with Crippen molar-refractivity contribution in [3.8, 4) is 0 Å². The molecule has 0 saturated carbocycles. The highest BCUT2D eigenvalue weighted by Gasteiger charge is 2.54. The number of sulfone groups is 1. The van der Waals surface area contributed by atoms with E-state index in [0.29, 0.717) is 10.9 Å². The predicted molar refractivity (Wildman–Crippen MR) is 61.2 cm³/mol. The number of nitrogens with one attached hydrogen (secondary N) is 1. The van der Waals surface area contributed by atoms with E-state index in [4.69, 9.17) is 0 Å². The van der Waals surface area contributed by atoms with Gasteiger partial charge in [-0.15, -0.1) is 0 Å². The Morgan fingerprint density at radius 2 is 1.89 bits per heavy atom. The van der Waals surface area contributed by atoms with E-state index in [1.807, 2.05) is 0 Å². The summed E-state index contributed by atoms with van der Waals surface area (Å²) in [7, 11) is -5.20. The van der Waals surface area contributed by atoms with E-state index in [1.54, 1.807) is 12.1 Å². The van der Waals surface area contributed by atoms with Gasteiger partial charge in [-0.05, 0) is 12.1 Å². The Labute approximate surface area is 105 Å². The number of aromatic nitrogens is 1. The Morgan fingerprint density at radius 3 is 2.44 bits per heavy atom. The second kappa shape index (κ2) is 4.17. The lowest BCUT2D eigenvalue weighted by Gasteiger charge is -2.15. The van der Waals surface area contributed by atoms with E-state index in [2.05, 4.69) is 16.6 Å². The number of hydrogen-bond acceptors (Lipinski definition) is 2. The smallest absolute Gasteiger partial charge is 0.345 e. The maximum absolute atomic E-state index is 13.2. The highest BCUT2D eigenvalue weighted by molar-refractivity contribution is 7.92. The molecule has 1 aromatic carbocycles. The van der Waals surface area contributed by atoms with Crippen LogP contribution in [0.2, 0.25) is 0 Å². The molecule has 98 valence electrons. The fraction of sp³-hybridized carbons (Fsp3) is 0.200. The van der Waals surface area contributed by atoms with Gasteiger partial charge in [0.1, 0.15) is 5.03 Å². The molecule has 3 nitrogen and oxygen atoms in total. The molecule has 1 atom stereocenters. The molecular formula is C10H7ClF3NO2S. The second-order valence-electron chi connectivity index (χ2n) is 3.59. The van der Waals surface area contributed by atoms with Crippen molar-refractivity contribution in [2.45, 2.75) is 15.9 Å². The lowest BCUT2D eigenvalue weighted by molar-refractivity contribution is 0.0421. The summed E-state index contributed by atoms with van der Waals surface area (Å²) in [6.07, 6.45) is 0. The molecule has 0 aliphatic heterocycles. The average Bonchev–Trinajstić information content (AvgIpc) is 2.72. The number of benzene rings is 1. The van der Waals surface area contributed by atoms with Crippen molar-refractivity contribution in [2.24, 2.45) is 0 Å². The van der Waals surface area contributed by atoms with Crippen LogP contribution in [0.25, 0.3) is 10.9 Å². The molecule has 8 heteroatoms. The molecule has 0 saturated heterocycles. The Balaban J connectivity index is 2.60. The van der Waals surface area contributed by atoms with Crippen LogP contribution in [0.5, 0.6) is 0 Å². The van der Waals surface area contributed by atoms with E-state index >= 15 is 0 Å². The summed E-state index contributed by atoms with van der Waals surface area (Å²) in [5.74, 6) is 0. The normalized spacial score (nSPS) is 14.9. The molecule has 2 rings (SSSR count). The average molecular weight is 298 g/mol. The number of fused-ring (bicyclic) bond motifs is 1. The topological polar surface area (TPSA) is 49.9 Å². The van der Waals surface area contributed by atoms with Crippen LogP contribution in [0.4, 0.5) is 13.2 Å². The molecule has 0 bridgehead atoms. The Hall–Kier alpha value is -1.21. The standard InChI is InChI=1S/C10H7ClF3NO2S/c11-9(12)10(13,14)18(16,17)8-5-6-3-1-2-4-7(6)15-8/h1-5,9,15H. The van der Waals surface area contributed by atoms with E-state index in [9.17, 15) is 21.6 Å². The third-order valence-corrected chi connectivity index (χ3v) is 4.53. The number of alkyl halides is 4. The van der Waals surface area contributed by atoms with Gasteiger partial charge in [-0.2, -0.15) is 8.78 Å². The first-order chi connectivity index (χ1) is 8.26. The van der Waals surface area contributed by atoms with Crippen molar-refractivity contribution >= 4 is 32.3 Å². The third-order valence-electron chi connectivity index (χ3n) is 2.41. The van der Waals surface area contributed by atoms with Gasteiger partial charge in [-0.1, -0.05) is 29.8 Å². The maximum atomic E-state index is 13.2. The zero-order valence-corrected chi connectivity index (χ0v) is 10.3. The van der Waals surface area contributed by atoms with Crippen LogP contribution < -0.4 is 0 Å². The van der Waals surface area contributed by atoms with Crippen LogP contribution in [0.3, 0.4) is 0 Å². The summed E-state index contributed by atoms with van der Waals surface area (Å²) >= 11 is 4.59. The number of aromatic amines is 1. The van der Waals surface area contributed by atoms with Crippen LogP contribution in [0.15, 0.2) is 35.4 Å². The highest BCUT2D eigenvalue weighted by atomic mass is 35.5. The zero-order valence-electron chi connectivity index (χ0n) is 8.70. The largest absolute Gasteiger partial charge is 0.395 e. The minimum Gasteiger partial charge on any atom is -0.345 e. The number of hydrogen-bond donors (Lipinski definition) is 1. The van der Waals surface area contributed by atoms with Gasteiger partial charge in [0.25, 0.3) is 15.5 Å². The SMILES string of the molecule is O=S(=O)(c1cc2ccccc2[nH]1)C(F)(F)C(F)Cl. The number of H-pyrrole nitrogens is 1. The monoisotopic (exact) mass is 297 g/mol. The molecule has 0 amide bonds. The van der Waals surface area contributed by atoms with Gasteiger partial charge in [0.2, 0.25) is 0 Å². The molecule has 0 aliphatic rings. The van der Waals surface area contributed by atoms with Gasteiger partial charge < -0.3 is 4.98 Å². The van der Waals surface area contributed by atoms with Gasteiger partial charge in [0.15, 0.2) is 0 Å². The zero-order chi connectivity index (χ0) is 13.6. The molecule has 1 N–H and O–H groups in total. The summed E-state index contributed by atoms with van der Waals surface area (Å²) in [5, 5.41) is -5.02. The highest BCUT2D eigenvalue weighted by Crippen LogP contribution is 2.36. The van der Waals surface area contributed by atoms with Gasteiger partial charge in [0, 0.05) is 10.9 Å². The van der Waals surface area contributed by atoms with E-state index in [-0.39, 0.29) is 0 Å². The van der Waals surface area contributed by atoms with Crippen molar-refractivity contribution in [3.05, 3.63) is 30.3 Å². The Bertz CT molecular complexity index is 648. The summed E-state index contributed by atoms with van der Waals surface area (Å²) < 4.78 is 62.1. The molecule has 0 fully saturated rings. The molecule has 2 aromatic rings. The van der Waals surface area contributed by atoms with Gasteiger partial charge in [-0.3, -0.25) is 0 Å². The van der Waals surface area contributed by atoms with E-state index in [1.165, 1.54) is 12.1 Å². The Kier molecular flexibility index (Phi) is 3.06. The molecule has 0 radical (unpaired) electrons. The lowest BCUT2D eigenvalue weighted by atomic mass is 10.3. The maximum Gasteiger partial charge on any atom is 0.395 e. The quantitative estimate of drug-likeness (QED) is 0.885. The van der Waals surface area contributed by atoms with Crippen molar-refractivity contribution in [1.29, 1.82) is 0 Å². The van der Waals surface area contributed by atoms with Crippen molar-refractivity contribution in [3.63, 3.8) is 0 Å². The fourth-order valence-electron chi connectivity index (χ4n) is 1.46. The van der Waals surface area contributed by atoms with Crippen LogP contribution in [0, 0.1) is 0 Å². The molecule has 18 heavy (non-hydrogen) atoms. The number of halogens is 4. The lowest BCUT2D eigenvalue weighted by Crippen LogP contribution is -2.36. The molecular weight excluding hydrogens is 291 g/mol. The molecule has 1 heterocycles. The predicted octanol–water partition coefficient (Wildman–Crippen LogP) is 3.07. The minimum absolute atomic E-state index is 0.358. The number of para-hydroxylation sites is 1. The first kappa shape index (κ1) is 13.2. The van der Waals surface area contributed by atoms with Crippen LogP contribution in [-0.4, -0.2) is 24.3 Å². The molecule has 0 aliphatic carbocycles. The summed E-state index contributed by atoms with van der Waals surface area (Å²) in [5.41, 5.74) is -2.95. The van der Waals surface area contributed by atoms with Gasteiger partial charge >= 0.3 is 5.25 Å². The summed E-state index contributed by atoms with van der Waals surface area (Å²) in [4.78, 5) is 2.30. The molecule has 1 aromatic heterocycles. The Morgan fingerprint density at radius 1 is 1.28 bits per heavy atom. The van der Waals surface area contributed by atoms with Gasteiger partial charge in [-0.25, -0.2) is 12.8 Å². The van der Waals surface area contributed by atoms with Crippen molar-refractivity contribution < 1.29 is 21.6 Å².